The Hall–Kier alpha value is -1.99. The summed E-state index contributed by atoms with van der Waals surface area (Å²) in [7, 11) is -2.98. The molecule has 0 radical (unpaired) electrons. The zero-order valence-electron chi connectivity index (χ0n) is 9.41. The summed E-state index contributed by atoms with van der Waals surface area (Å²) in [4.78, 5) is -0.351. The van der Waals surface area contributed by atoms with Gasteiger partial charge in [-0.2, -0.15) is 8.42 Å². The zero-order chi connectivity index (χ0) is 13.5. The molecule has 0 aromatic heterocycles. The first kappa shape index (κ1) is 12.5. The average molecular weight is 269 g/mol. The number of nitrogen functional groups attached to an aromatic ring is 1. The molecular formula is C11H11NO5S. The minimum atomic E-state index is -4.42. The van der Waals surface area contributed by atoms with Gasteiger partial charge in [-0.05, 0) is 24.3 Å². The van der Waals surface area contributed by atoms with Crippen LogP contribution in [0.4, 0.5) is 5.69 Å². The van der Waals surface area contributed by atoms with Gasteiger partial charge in [0.2, 0.25) is 0 Å². The molecule has 6 nitrogen and oxygen atoms in total. The summed E-state index contributed by atoms with van der Waals surface area (Å²) in [5.74, 6) is 0.181. The molecule has 0 saturated heterocycles. The van der Waals surface area contributed by atoms with Crippen LogP contribution in [0.3, 0.4) is 0 Å². The van der Waals surface area contributed by atoms with E-state index in [1.165, 1.54) is 25.3 Å². The summed E-state index contributed by atoms with van der Waals surface area (Å²) < 4.78 is 36.6. The molecule has 0 bridgehead atoms. The molecule has 0 atom stereocenters. The third-order valence-electron chi connectivity index (χ3n) is 2.59. The first-order valence-electron chi connectivity index (χ1n) is 4.91. The van der Waals surface area contributed by atoms with Crippen molar-refractivity contribution in [3.05, 3.63) is 24.3 Å². The van der Waals surface area contributed by atoms with Crippen molar-refractivity contribution in [2.75, 3.05) is 12.8 Å². The van der Waals surface area contributed by atoms with Gasteiger partial charge in [-0.3, -0.25) is 4.55 Å². The third-order valence-corrected chi connectivity index (χ3v) is 3.48. The highest BCUT2D eigenvalue weighted by molar-refractivity contribution is 7.86. The van der Waals surface area contributed by atoms with Crippen LogP contribution in [0, 0.1) is 0 Å². The van der Waals surface area contributed by atoms with Crippen molar-refractivity contribution in [2.45, 2.75) is 4.90 Å². The largest absolute Gasteiger partial charge is 0.505 e. The second-order valence-electron chi connectivity index (χ2n) is 3.70. The Kier molecular flexibility index (Phi) is 2.80. The topological polar surface area (TPSA) is 110 Å². The molecule has 96 valence electrons. The Morgan fingerprint density at radius 3 is 2.44 bits per heavy atom. The van der Waals surface area contributed by atoms with Gasteiger partial charge in [0.1, 0.15) is 16.4 Å². The number of aromatic hydroxyl groups is 1. The standard InChI is InChI=1S/C11H11NO5S/c1-17-6-2-3-7-8(4-6)11(13)9(12)5-10(7)18(14,15)16/h2-5,13H,12H2,1H3,(H,14,15,16). The Labute approximate surface area is 103 Å². The van der Waals surface area contributed by atoms with Crippen LogP contribution in [0.2, 0.25) is 0 Å². The zero-order valence-corrected chi connectivity index (χ0v) is 10.2. The van der Waals surface area contributed by atoms with Crippen molar-refractivity contribution in [3.63, 3.8) is 0 Å². The third kappa shape index (κ3) is 1.93. The van der Waals surface area contributed by atoms with E-state index in [4.69, 9.17) is 15.0 Å². The van der Waals surface area contributed by atoms with Gasteiger partial charge in [0, 0.05) is 10.8 Å². The van der Waals surface area contributed by atoms with Crippen LogP contribution < -0.4 is 10.5 Å². The smallest absolute Gasteiger partial charge is 0.295 e. The van der Waals surface area contributed by atoms with Crippen molar-refractivity contribution in [1.29, 1.82) is 0 Å². The quantitative estimate of drug-likeness (QED) is 0.431. The number of phenolic OH excluding ortho intramolecular Hbond substituents is 1. The molecule has 0 heterocycles. The molecule has 0 saturated carbocycles. The van der Waals surface area contributed by atoms with Crippen molar-refractivity contribution < 1.29 is 22.8 Å². The lowest BCUT2D eigenvalue weighted by atomic mass is 10.1. The molecule has 0 aliphatic heterocycles. The van der Waals surface area contributed by atoms with Gasteiger partial charge in [-0.25, -0.2) is 0 Å². The first-order chi connectivity index (χ1) is 8.34. The molecule has 0 fully saturated rings. The maximum atomic E-state index is 11.3. The van der Waals surface area contributed by atoms with Gasteiger partial charge in [0.25, 0.3) is 10.1 Å². The van der Waals surface area contributed by atoms with E-state index >= 15 is 0 Å². The maximum Gasteiger partial charge on any atom is 0.295 e. The van der Waals surface area contributed by atoms with Crippen LogP contribution in [0.5, 0.6) is 11.5 Å². The fourth-order valence-electron chi connectivity index (χ4n) is 1.72. The Balaban J connectivity index is 2.96. The highest BCUT2D eigenvalue weighted by atomic mass is 32.2. The lowest BCUT2D eigenvalue weighted by Crippen LogP contribution is -2.01. The SMILES string of the molecule is COc1ccc2c(S(=O)(=O)O)cc(N)c(O)c2c1. The van der Waals surface area contributed by atoms with Gasteiger partial charge in [-0.15, -0.1) is 0 Å². The molecule has 4 N–H and O–H groups in total. The number of rotatable bonds is 2. The van der Waals surface area contributed by atoms with E-state index in [-0.39, 0.29) is 27.1 Å². The number of ether oxygens (including phenoxy) is 1. The van der Waals surface area contributed by atoms with Crippen LogP contribution in [-0.4, -0.2) is 25.2 Å². The molecule has 2 aromatic rings. The highest BCUT2D eigenvalue weighted by Crippen LogP contribution is 2.37. The molecule has 2 rings (SSSR count). The van der Waals surface area contributed by atoms with Gasteiger partial charge < -0.3 is 15.6 Å². The number of benzene rings is 2. The van der Waals surface area contributed by atoms with Crippen LogP contribution in [0.1, 0.15) is 0 Å². The maximum absolute atomic E-state index is 11.3. The molecule has 0 unspecified atom stereocenters. The molecular weight excluding hydrogens is 258 g/mol. The summed E-state index contributed by atoms with van der Waals surface area (Å²) in [6.07, 6.45) is 0. The van der Waals surface area contributed by atoms with Crippen molar-refractivity contribution in [3.8, 4) is 11.5 Å². The first-order valence-corrected chi connectivity index (χ1v) is 6.35. The summed E-state index contributed by atoms with van der Waals surface area (Å²) in [5, 5.41) is 10.2. The van der Waals surface area contributed by atoms with Crippen LogP contribution >= 0.6 is 0 Å². The minimum absolute atomic E-state index is 0.136. The van der Waals surface area contributed by atoms with E-state index in [9.17, 15) is 13.5 Å². The summed E-state index contributed by atoms with van der Waals surface area (Å²) in [6.45, 7) is 0. The lowest BCUT2D eigenvalue weighted by molar-refractivity contribution is 0.415. The van der Waals surface area contributed by atoms with E-state index in [1.807, 2.05) is 0 Å². The normalized spacial score (nSPS) is 11.7. The van der Waals surface area contributed by atoms with Crippen LogP contribution in [-0.2, 0) is 10.1 Å². The Morgan fingerprint density at radius 2 is 1.89 bits per heavy atom. The second kappa shape index (κ2) is 4.04. The van der Waals surface area contributed by atoms with Crippen LogP contribution in [0.25, 0.3) is 10.8 Å². The molecule has 2 aromatic carbocycles. The fraction of sp³-hybridized carbons (Fsp3) is 0.0909. The van der Waals surface area contributed by atoms with Crippen molar-refractivity contribution in [1.82, 2.24) is 0 Å². The van der Waals surface area contributed by atoms with Gasteiger partial charge in [0.05, 0.1) is 12.8 Å². The van der Waals surface area contributed by atoms with Gasteiger partial charge >= 0.3 is 0 Å². The minimum Gasteiger partial charge on any atom is -0.505 e. The number of nitrogens with two attached hydrogens (primary N) is 1. The molecule has 0 aliphatic carbocycles. The Morgan fingerprint density at radius 1 is 1.22 bits per heavy atom. The number of hydrogen-bond acceptors (Lipinski definition) is 5. The number of hydrogen-bond donors (Lipinski definition) is 3. The fourth-order valence-corrected chi connectivity index (χ4v) is 2.45. The number of anilines is 1. The lowest BCUT2D eigenvalue weighted by Gasteiger charge is -2.10. The molecule has 0 amide bonds. The van der Waals surface area contributed by atoms with E-state index in [1.54, 1.807) is 0 Å². The van der Waals surface area contributed by atoms with E-state index in [0.717, 1.165) is 6.07 Å². The summed E-state index contributed by atoms with van der Waals surface area (Å²) in [6, 6.07) is 5.40. The molecule has 0 aliphatic rings. The predicted octanol–water partition coefficient (Wildman–Crippen LogP) is 1.38. The monoisotopic (exact) mass is 269 g/mol. The second-order valence-corrected chi connectivity index (χ2v) is 5.09. The number of phenols is 1. The van der Waals surface area contributed by atoms with Gasteiger partial charge in [0.15, 0.2) is 0 Å². The molecule has 0 spiro atoms. The number of fused-ring (bicyclic) bond motifs is 1. The molecule has 7 heteroatoms. The molecule has 18 heavy (non-hydrogen) atoms. The van der Waals surface area contributed by atoms with E-state index < -0.39 is 10.1 Å². The summed E-state index contributed by atoms with van der Waals surface area (Å²) >= 11 is 0. The number of methoxy groups -OCH3 is 1. The Bertz CT molecular complexity index is 724. The van der Waals surface area contributed by atoms with E-state index in [2.05, 4.69) is 0 Å². The van der Waals surface area contributed by atoms with Crippen molar-refractivity contribution >= 4 is 26.6 Å². The van der Waals surface area contributed by atoms with E-state index in [0.29, 0.717) is 5.75 Å². The van der Waals surface area contributed by atoms with Crippen molar-refractivity contribution in [2.24, 2.45) is 0 Å². The average Bonchev–Trinajstić information content (AvgIpc) is 2.31. The highest BCUT2D eigenvalue weighted by Gasteiger charge is 2.18. The summed E-state index contributed by atoms with van der Waals surface area (Å²) in [5.41, 5.74) is 5.37. The van der Waals surface area contributed by atoms with Crippen LogP contribution in [0.15, 0.2) is 29.2 Å². The predicted molar refractivity (Wildman–Crippen MR) is 66.4 cm³/mol. The van der Waals surface area contributed by atoms with Gasteiger partial charge in [-0.1, -0.05) is 0 Å².